The Labute approximate surface area is 163 Å². The van der Waals surface area contributed by atoms with E-state index in [4.69, 9.17) is 4.74 Å². The third kappa shape index (κ3) is 4.32. The molecule has 0 aliphatic carbocycles. The lowest BCUT2D eigenvalue weighted by molar-refractivity contribution is -0.155. The van der Waals surface area contributed by atoms with Crippen LogP contribution in [0.25, 0.3) is 0 Å². The summed E-state index contributed by atoms with van der Waals surface area (Å²) in [7, 11) is -3.85. The Kier molecular flexibility index (Phi) is 5.84. The van der Waals surface area contributed by atoms with Crippen molar-refractivity contribution < 1.29 is 37.1 Å². The van der Waals surface area contributed by atoms with E-state index < -0.39 is 56.6 Å². The van der Waals surface area contributed by atoms with E-state index in [1.165, 1.54) is 6.92 Å². The standard InChI is InChI=1S/C18H23NO8S/c1-6-26-13(21)8-11(20)7-12-15(22)19-14(17(23)27-18(3,4)5)10(2)9-28(24,25)16(12)19/h7,16H,6,8-9H2,1-5H3/b12-7-/t16-/m1/s1. The number of rotatable bonds is 5. The summed E-state index contributed by atoms with van der Waals surface area (Å²) in [6.45, 7) is 8.05. The molecule has 1 amide bonds. The van der Waals surface area contributed by atoms with E-state index in [1.807, 2.05) is 0 Å². The highest BCUT2D eigenvalue weighted by molar-refractivity contribution is 7.92. The van der Waals surface area contributed by atoms with Crippen molar-refractivity contribution in [2.45, 2.75) is 52.0 Å². The zero-order valence-electron chi connectivity index (χ0n) is 16.4. The maximum absolute atomic E-state index is 12.5. The molecule has 1 saturated heterocycles. The van der Waals surface area contributed by atoms with Crippen LogP contribution in [-0.4, -0.2) is 60.3 Å². The van der Waals surface area contributed by atoms with Gasteiger partial charge < -0.3 is 9.47 Å². The Hall–Kier alpha value is -2.49. The highest BCUT2D eigenvalue weighted by Crippen LogP contribution is 2.40. The van der Waals surface area contributed by atoms with Gasteiger partial charge >= 0.3 is 11.9 Å². The molecule has 2 rings (SSSR count). The maximum atomic E-state index is 12.5. The van der Waals surface area contributed by atoms with Gasteiger partial charge in [-0.2, -0.15) is 0 Å². The number of amides is 1. The minimum Gasteiger partial charge on any atom is -0.466 e. The van der Waals surface area contributed by atoms with Crippen molar-refractivity contribution in [1.29, 1.82) is 0 Å². The van der Waals surface area contributed by atoms with Gasteiger partial charge in [0.05, 0.1) is 17.9 Å². The lowest BCUT2D eigenvalue weighted by Crippen LogP contribution is -2.62. The number of β-lactam (4-membered cyclic amide) rings is 1. The van der Waals surface area contributed by atoms with Crippen molar-refractivity contribution in [3.8, 4) is 0 Å². The second-order valence-electron chi connectivity index (χ2n) is 7.51. The van der Waals surface area contributed by atoms with E-state index in [0.717, 1.165) is 11.0 Å². The Morgan fingerprint density at radius 1 is 1.25 bits per heavy atom. The molecule has 10 heteroatoms. The van der Waals surface area contributed by atoms with Crippen molar-refractivity contribution in [1.82, 2.24) is 4.90 Å². The van der Waals surface area contributed by atoms with Gasteiger partial charge in [0.15, 0.2) is 21.0 Å². The van der Waals surface area contributed by atoms with Crippen molar-refractivity contribution in [3.63, 3.8) is 0 Å². The van der Waals surface area contributed by atoms with Gasteiger partial charge in [0.2, 0.25) is 0 Å². The predicted molar refractivity (Wildman–Crippen MR) is 97.3 cm³/mol. The van der Waals surface area contributed by atoms with E-state index in [2.05, 4.69) is 4.74 Å². The van der Waals surface area contributed by atoms with Crippen molar-refractivity contribution >= 4 is 33.5 Å². The fourth-order valence-corrected chi connectivity index (χ4v) is 4.94. The van der Waals surface area contributed by atoms with Gasteiger partial charge in [0.25, 0.3) is 5.91 Å². The van der Waals surface area contributed by atoms with Crippen LogP contribution in [0.2, 0.25) is 0 Å². The molecule has 0 bridgehead atoms. The van der Waals surface area contributed by atoms with E-state index in [9.17, 15) is 27.6 Å². The van der Waals surface area contributed by atoms with E-state index >= 15 is 0 Å². The molecule has 2 heterocycles. The minimum atomic E-state index is -3.85. The van der Waals surface area contributed by atoms with Crippen molar-refractivity contribution in [2.75, 3.05) is 12.4 Å². The van der Waals surface area contributed by atoms with Gasteiger partial charge in [-0.15, -0.1) is 0 Å². The van der Waals surface area contributed by atoms with Crippen LogP contribution >= 0.6 is 0 Å². The van der Waals surface area contributed by atoms with Crippen LogP contribution in [0, 0.1) is 0 Å². The first-order chi connectivity index (χ1) is 12.8. The number of carbonyl (C=O) groups excluding carboxylic acids is 4. The van der Waals surface area contributed by atoms with Crippen LogP contribution in [0.15, 0.2) is 22.9 Å². The van der Waals surface area contributed by atoms with Gasteiger partial charge in [-0.1, -0.05) is 0 Å². The first kappa shape index (κ1) is 21.8. The number of ketones is 1. The molecule has 1 atom stereocenters. The van der Waals surface area contributed by atoms with Crippen LogP contribution in [0.5, 0.6) is 0 Å². The van der Waals surface area contributed by atoms with Crippen LogP contribution in [0.1, 0.15) is 41.0 Å². The predicted octanol–water partition coefficient (Wildman–Crippen LogP) is 0.647. The summed E-state index contributed by atoms with van der Waals surface area (Å²) in [5.41, 5.74) is -1.05. The minimum absolute atomic E-state index is 0.0930. The highest BCUT2D eigenvalue weighted by atomic mass is 32.2. The van der Waals surface area contributed by atoms with Gasteiger partial charge in [0.1, 0.15) is 17.7 Å². The number of hydrogen-bond donors (Lipinski definition) is 0. The molecule has 154 valence electrons. The average molecular weight is 413 g/mol. The lowest BCUT2D eigenvalue weighted by Gasteiger charge is -2.45. The molecule has 9 nitrogen and oxygen atoms in total. The normalized spacial score (nSPS) is 22.5. The van der Waals surface area contributed by atoms with E-state index in [-0.39, 0.29) is 23.5 Å². The lowest BCUT2D eigenvalue weighted by atomic mass is 10.00. The average Bonchev–Trinajstić information content (AvgIpc) is 2.49. The first-order valence-electron chi connectivity index (χ1n) is 8.66. The molecule has 28 heavy (non-hydrogen) atoms. The summed E-state index contributed by atoms with van der Waals surface area (Å²) in [5, 5.41) is -1.45. The molecule has 0 unspecified atom stereocenters. The second-order valence-corrected chi connectivity index (χ2v) is 9.57. The molecular formula is C18H23NO8S. The molecule has 0 N–H and O–H groups in total. The number of fused-ring (bicyclic) bond motifs is 1. The monoisotopic (exact) mass is 413 g/mol. The third-order valence-electron chi connectivity index (χ3n) is 3.90. The molecule has 0 radical (unpaired) electrons. The summed E-state index contributed by atoms with van der Waals surface area (Å²) in [6.07, 6.45) is 0.233. The fourth-order valence-electron chi connectivity index (χ4n) is 2.96. The Balaban J connectivity index is 2.35. The van der Waals surface area contributed by atoms with Gasteiger partial charge in [-0.05, 0) is 46.3 Å². The molecule has 0 aromatic rings. The second kappa shape index (κ2) is 7.50. The van der Waals surface area contributed by atoms with Crippen molar-refractivity contribution in [3.05, 3.63) is 22.9 Å². The fraction of sp³-hybridized carbons (Fsp3) is 0.556. The quantitative estimate of drug-likeness (QED) is 0.278. The van der Waals surface area contributed by atoms with Gasteiger partial charge in [-0.3, -0.25) is 19.3 Å². The largest absolute Gasteiger partial charge is 0.466 e. The van der Waals surface area contributed by atoms with Crippen LogP contribution < -0.4 is 0 Å². The first-order valence-corrected chi connectivity index (χ1v) is 10.4. The highest BCUT2D eigenvalue weighted by Gasteiger charge is 2.56. The molecule has 0 saturated carbocycles. The molecule has 1 fully saturated rings. The van der Waals surface area contributed by atoms with Crippen LogP contribution in [0.4, 0.5) is 0 Å². The Morgan fingerprint density at radius 3 is 2.39 bits per heavy atom. The number of carbonyl (C=O) groups is 4. The number of allylic oxidation sites excluding steroid dienone is 1. The van der Waals surface area contributed by atoms with Gasteiger partial charge in [-0.25, -0.2) is 13.2 Å². The zero-order valence-corrected chi connectivity index (χ0v) is 17.2. The van der Waals surface area contributed by atoms with Crippen LogP contribution in [0.3, 0.4) is 0 Å². The number of hydrogen-bond acceptors (Lipinski definition) is 8. The molecular weight excluding hydrogens is 390 g/mol. The topological polar surface area (TPSA) is 124 Å². The summed E-state index contributed by atoms with van der Waals surface area (Å²) in [4.78, 5) is 49.3. The van der Waals surface area contributed by atoms with E-state index in [0.29, 0.717) is 0 Å². The van der Waals surface area contributed by atoms with Gasteiger partial charge in [0, 0.05) is 0 Å². The Morgan fingerprint density at radius 2 is 1.86 bits per heavy atom. The van der Waals surface area contributed by atoms with E-state index in [1.54, 1.807) is 27.7 Å². The van der Waals surface area contributed by atoms with Crippen LogP contribution in [-0.2, 0) is 38.5 Å². The zero-order chi connectivity index (χ0) is 21.4. The summed E-state index contributed by atoms with van der Waals surface area (Å²) in [5.74, 6) is -3.56. The molecule has 0 aromatic heterocycles. The maximum Gasteiger partial charge on any atom is 0.355 e. The number of nitrogens with zero attached hydrogens (tertiary/aromatic N) is 1. The summed E-state index contributed by atoms with van der Waals surface area (Å²) in [6, 6.07) is 0. The molecule has 0 aromatic carbocycles. The number of sulfone groups is 1. The smallest absolute Gasteiger partial charge is 0.355 e. The third-order valence-corrected chi connectivity index (χ3v) is 5.88. The number of ether oxygens (including phenoxy) is 2. The molecule has 0 spiro atoms. The SMILES string of the molecule is CCOC(=O)CC(=O)/C=C1/C(=O)N2C(C(=O)OC(C)(C)C)=C(C)CS(=O)(=O)[C@H]12. The summed E-state index contributed by atoms with van der Waals surface area (Å²) >= 11 is 0. The summed E-state index contributed by atoms with van der Waals surface area (Å²) < 4.78 is 35.0. The Bertz CT molecular complexity index is 904. The molecule has 2 aliphatic heterocycles. The number of esters is 2. The van der Waals surface area contributed by atoms with Crippen molar-refractivity contribution in [2.24, 2.45) is 0 Å². The molecule has 2 aliphatic rings.